The topological polar surface area (TPSA) is 0 Å². The second kappa shape index (κ2) is 13.3. The molecule has 2 heterocycles. The minimum atomic E-state index is 1.20. The van der Waals surface area contributed by atoms with Crippen LogP contribution in [0.4, 0.5) is 0 Å². The SMILES string of the molecule is CCCCCCc1csc(-c2ccc3cc4cc5cc6cc(-c7cc(CCCCCC)cs7)ccc6cc5cc4cc3c2)c1. The van der Waals surface area contributed by atoms with Gasteiger partial charge in [0.15, 0.2) is 0 Å². The lowest BCUT2D eigenvalue weighted by Gasteiger charge is -2.09. The monoisotopic (exact) mass is 610 g/mol. The van der Waals surface area contributed by atoms with Gasteiger partial charge in [0.25, 0.3) is 0 Å². The van der Waals surface area contributed by atoms with Gasteiger partial charge in [-0.2, -0.15) is 0 Å². The van der Waals surface area contributed by atoms with Crippen molar-refractivity contribution < 1.29 is 0 Å². The highest BCUT2D eigenvalue weighted by Gasteiger charge is 2.09. The standard InChI is InChI=1S/C42H42S2/c1-3-5-7-9-11-29-17-41(43-27-29)33-15-13-31-19-37-26-40-24-36-22-34(42-18-30(28-44-42)12-10-8-6-4-2)16-14-32(36)20-38(40)25-39(37)23-35(31)21-33/h13-28H,3-12H2,1-2H3. The minimum Gasteiger partial charge on any atom is -0.144 e. The van der Waals surface area contributed by atoms with Crippen molar-refractivity contribution in [2.24, 2.45) is 0 Å². The molecule has 7 rings (SSSR count). The molecule has 222 valence electrons. The molecule has 0 atom stereocenters. The molecule has 2 aromatic heterocycles. The number of rotatable bonds is 12. The van der Waals surface area contributed by atoms with Crippen LogP contribution in [0.15, 0.2) is 95.7 Å². The van der Waals surface area contributed by atoms with Gasteiger partial charge in [0, 0.05) is 9.75 Å². The second-order valence-electron chi connectivity index (χ2n) is 12.6. The van der Waals surface area contributed by atoms with Gasteiger partial charge in [-0.15, -0.1) is 22.7 Å². The zero-order valence-electron chi connectivity index (χ0n) is 26.1. The van der Waals surface area contributed by atoms with Gasteiger partial charge in [-0.3, -0.25) is 0 Å². The molecule has 44 heavy (non-hydrogen) atoms. The van der Waals surface area contributed by atoms with Crippen LogP contribution in [0, 0.1) is 0 Å². The van der Waals surface area contributed by atoms with Gasteiger partial charge >= 0.3 is 0 Å². The molecule has 0 bridgehead atoms. The molecule has 0 fully saturated rings. The molecule has 0 unspecified atom stereocenters. The van der Waals surface area contributed by atoms with Crippen LogP contribution in [-0.2, 0) is 12.8 Å². The second-order valence-corrected chi connectivity index (χ2v) is 14.5. The molecule has 0 amide bonds. The van der Waals surface area contributed by atoms with Crippen LogP contribution in [0.2, 0.25) is 0 Å². The van der Waals surface area contributed by atoms with Crippen LogP contribution in [0.25, 0.3) is 64.0 Å². The first-order valence-corrected chi connectivity index (χ1v) is 18.4. The lowest BCUT2D eigenvalue weighted by Crippen LogP contribution is -1.83. The summed E-state index contributed by atoms with van der Waals surface area (Å²) in [6.07, 6.45) is 13.0. The minimum absolute atomic E-state index is 1.20. The van der Waals surface area contributed by atoms with Crippen molar-refractivity contribution in [1.82, 2.24) is 0 Å². The summed E-state index contributed by atoms with van der Waals surface area (Å²) >= 11 is 3.77. The third-order valence-electron chi connectivity index (χ3n) is 9.22. The third kappa shape index (κ3) is 6.34. The molecule has 0 spiro atoms. The Labute approximate surface area is 270 Å². The van der Waals surface area contributed by atoms with Crippen molar-refractivity contribution in [2.75, 3.05) is 0 Å². The molecule has 0 saturated carbocycles. The maximum Gasteiger partial charge on any atom is 0.0345 e. The van der Waals surface area contributed by atoms with Gasteiger partial charge in [0.1, 0.15) is 0 Å². The highest BCUT2D eigenvalue weighted by molar-refractivity contribution is 7.14. The van der Waals surface area contributed by atoms with Gasteiger partial charge in [0.05, 0.1) is 0 Å². The first-order valence-electron chi connectivity index (χ1n) is 16.7. The Hall–Kier alpha value is -3.46. The van der Waals surface area contributed by atoms with E-state index >= 15 is 0 Å². The smallest absolute Gasteiger partial charge is 0.0345 e. The molecular formula is C42H42S2. The zero-order chi connectivity index (χ0) is 29.9. The van der Waals surface area contributed by atoms with Gasteiger partial charge in [-0.25, -0.2) is 0 Å². The molecule has 0 nitrogen and oxygen atoms in total. The summed E-state index contributed by atoms with van der Waals surface area (Å²) in [5.41, 5.74) is 5.64. The van der Waals surface area contributed by atoms with Crippen molar-refractivity contribution in [1.29, 1.82) is 0 Å². The number of unbranched alkanes of at least 4 members (excludes halogenated alkanes) is 6. The normalized spacial score (nSPS) is 11.9. The first-order chi connectivity index (χ1) is 21.7. The largest absolute Gasteiger partial charge is 0.144 e. The van der Waals surface area contributed by atoms with Crippen molar-refractivity contribution >= 4 is 65.8 Å². The Kier molecular flexibility index (Phi) is 8.82. The summed E-state index contributed by atoms with van der Waals surface area (Å²) in [6.45, 7) is 4.56. The first kappa shape index (κ1) is 29.3. The van der Waals surface area contributed by atoms with E-state index in [9.17, 15) is 0 Å². The lowest BCUT2D eigenvalue weighted by atomic mass is 9.96. The fourth-order valence-electron chi connectivity index (χ4n) is 6.64. The third-order valence-corrected chi connectivity index (χ3v) is 11.3. The van der Waals surface area contributed by atoms with Crippen LogP contribution in [0.3, 0.4) is 0 Å². The summed E-state index contributed by atoms with van der Waals surface area (Å²) < 4.78 is 0. The molecule has 2 heteroatoms. The molecule has 0 radical (unpaired) electrons. The van der Waals surface area contributed by atoms with E-state index in [4.69, 9.17) is 0 Å². The predicted octanol–water partition coefficient (Wildman–Crippen LogP) is 14.0. The highest BCUT2D eigenvalue weighted by atomic mass is 32.1. The predicted molar refractivity (Wildman–Crippen MR) is 199 cm³/mol. The molecule has 0 N–H and O–H groups in total. The Balaban J connectivity index is 1.16. The van der Waals surface area contributed by atoms with Crippen LogP contribution < -0.4 is 0 Å². The van der Waals surface area contributed by atoms with E-state index in [-0.39, 0.29) is 0 Å². The van der Waals surface area contributed by atoms with Gasteiger partial charge in [0.2, 0.25) is 0 Å². The average Bonchev–Trinajstić information content (AvgIpc) is 3.72. The summed E-state index contributed by atoms with van der Waals surface area (Å²) in [7, 11) is 0. The number of hydrogen-bond donors (Lipinski definition) is 0. The maximum atomic E-state index is 2.41. The number of aryl methyl sites for hydroxylation is 2. The van der Waals surface area contributed by atoms with E-state index in [0.717, 1.165) is 0 Å². The molecular weight excluding hydrogens is 569 g/mol. The average molecular weight is 611 g/mol. The van der Waals surface area contributed by atoms with E-state index < -0.39 is 0 Å². The summed E-state index contributed by atoms with van der Waals surface area (Å²) in [6, 6.07) is 33.1. The summed E-state index contributed by atoms with van der Waals surface area (Å²) in [5.74, 6) is 0. The Morgan fingerprint density at radius 3 is 1.18 bits per heavy atom. The zero-order valence-corrected chi connectivity index (χ0v) is 27.8. The van der Waals surface area contributed by atoms with Crippen LogP contribution in [0.1, 0.15) is 76.3 Å². The van der Waals surface area contributed by atoms with E-state index in [1.165, 1.54) is 139 Å². The quantitative estimate of drug-likeness (QED) is 0.0953. The van der Waals surface area contributed by atoms with E-state index in [1.807, 2.05) is 22.7 Å². The van der Waals surface area contributed by atoms with Crippen molar-refractivity contribution in [3.05, 3.63) is 107 Å². The lowest BCUT2D eigenvalue weighted by molar-refractivity contribution is 0.667. The summed E-state index contributed by atoms with van der Waals surface area (Å²) in [4.78, 5) is 2.76. The Bertz CT molecular complexity index is 1900. The van der Waals surface area contributed by atoms with Crippen LogP contribution in [-0.4, -0.2) is 0 Å². The summed E-state index contributed by atoms with van der Waals surface area (Å²) in [5, 5.41) is 15.2. The molecule has 0 aliphatic carbocycles. The van der Waals surface area contributed by atoms with Crippen molar-refractivity contribution in [2.45, 2.75) is 78.1 Å². The fourth-order valence-corrected chi connectivity index (χ4v) is 8.53. The highest BCUT2D eigenvalue weighted by Crippen LogP contribution is 2.36. The Morgan fingerprint density at radius 2 is 0.773 bits per heavy atom. The molecule has 0 saturated heterocycles. The van der Waals surface area contributed by atoms with Crippen LogP contribution >= 0.6 is 22.7 Å². The van der Waals surface area contributed by atoms with E-state index in [0.29, 0.717) is 0 Å². The maximum absolute atomic E-state index is 2.41. The molecule has 7 aromatic rings. The van der Waals surface area contributed by atoms with Gasteiger partial charge < -0.3 is 0 Å². The number of benzene rings is 5. The number of hydrogen-bond acceptors (Lipinski definition) is 2. The van der Waals surface area contributed by atoms with E-state index in [1.54, 1.807) is 0 Å². The van der Waals surface area contributed by atoms with Gasteiger partial charge in [-0.05, 0) is 162 Å². The van der Waals surface area contributed by atoms with Crippen molar-refractivity contribution in [3.8, 4) is 20.9 Å². The molecule has 0 aliphatic rings. The van der Waals surface area contributed by atoms with E-state index in [2.05, 4.69) is 110 Å². The van der Waals surface area contributed by atoms with Crippen LogP contribution in [0.5, 0.6) is 0 Å². The van der Waals surface area contributed by atoms with Gasteiger partial charge in [-0.1, -0.05) is 76.6 Å². The number of thiophene rings is 2. The number of fused-ring (bicyclic) bond motifs is 4. The van der Waals surface area contributed by atoms with Crippen molar-refractivity contribution in [3.63, 3.8) is 0 Å². The molecule has 5 aromatic carbocycles. The fraction of sp³-hybridized carbons (Fsp3) is 0.286. The molecule has 0 aliphatic heterocycles. The Morgan fingerprint density at radius 1 is 0.386 bits per heavy atom.